The van der Waals surface area contributed by atoms with E-state index in [0.717, 1.165) is 16.8 Å². The van der Waals surface area contributed by atoms with Gasteiger partial charge in [-0.1, -0.05) is 12.1 Å². The zero-order valence-corrected chi connectivity index (χ0v) is 13.5. The molecule has 4 aromatic rings. The van der Waals surface area contributed by atoms with E-state index in [0.29, 0.717) is 23.0 Å². The highest BCUT2D eigenvalue weighted by atomic mass is 16.3. The molecule has 3 aromatic heterocycles. The maximum absolute atomic E-state index is 9.11. The van der Waals surface area contributed by atoms with Crippen LogP contribution in [0.1, 0.15) is 11.3 Å². The van der Waals surface area contributed by atoms with Crippen LogP contribution >= 0.6 is 0 Å². The summed E-state index contributed by atoms with van der Waals surface area (Å²) in [7, 11) is 0. The van der Waals surface area contributed by atoms with Crippen molar-refractivity contribution in [3.63, 3.8) is 0 Å². The quantitative estimate of drug-likeness (QED) is 0.584. The van der Waals surface area contributed by atoms with Gasteiger partial charge in [0.05, 0.1) is 6.61 Å². The standard InChI is InChI=1S/C18H13N7O/c19-9-15-6-3-13(10-21-15)16-17-23-18(24-25(17)8-7-20-16)22-14-4-1-12(11-26)2-5-14/h1-8,10,26H,11H2,(H,22,24). The molecule has 0 atom stereocenters. The molecular weight excluding hydrogens is 330 g/mol. The molecule has 3 heterocycles. The molecule has 0 radical (unpaired) electrons. The predicted octanol–water partition coefficient (Wildman–Crippen LogP) is 2.29. The number of aliphatic hydroxyl groups is 1. The first-order valence-corrected chi connectivity index (χ1v) is 7.81. The van der Waals surface area contributed by atoms with Crippen LogP contribution in [0, 0.1) is 11.3 Å². The van der Waals surface area contributed by atoms with Gasteiger partial charge < -0.3 is 10.4 Å². The van der Waals surface area contributed by atoms with Crippen molar-refractivity contribution < 1.29 is 5.11 Å². The fourth-order valence-corrected chi connectivity index (χ4v) is 2.50. The molecule has 0 amide bonds. The molecule has 0 fully saturated rings. The molecule has 0 aliphatic heterocycles. The summed E-state index contributed by atoms with van der Waals surface area (Å²) in [5, 5.41) is 25.5. The Balaban J connectivity index is 1.69. The van der Waals surface area contributed by atoms with Crippen molar-refractivity contribution in [2.24, 2.45) is 0 Å². The lowest BCUT2D eigenvalue weighted by Crippen LogP contribution is -1.94. The van der Waals surface area contributed by atoms with E-state index in [1.54, 1.807) is 35.2 Å². The summed E-state index contributed by atoms with van der Waals surface area (Å²) < 4.78 is 1.63. The number of hydrogen-bond donors (Lipinski definition) is 2. The molecule has 0 unspecified atom stereocenters. The maximum Gasteiger partial charge on any atom is 0.247 e. The van der Waals surface area contributed by atoms with Gasteiger partial charge in [-0.15, -0.1) is 5.10 Å². The van der Waals surface area contributed by atoms with E-state index in [9.17, 15) is 0 Å². The van der Waals surface area contributed by atoms with E-state index in [2.05, 4.69) is 25.4 Å². The van der Waals surface area contributed by atoms with Crippen LogP contribution in [-0.4, -0.2) is 29.7 Å². The molecule has 0 saturated carbocycles. The maximum atomic E-state index is 9.11. The number of nitrogens with zero attached hydrogens (tertiary/aromatic N) is 6. The molecule has 0 bridgehead atoms. The second-order valence-electron chi connectivity index (χ2n) is 5.50. The van der Waals surface area contributed by atoms with Gasteiger partial charge in [-0.25, -0.2) is 9.50 Å². The Morgan fingerprint density at radius 3 is 2.65 bits per heavy atom. The summed E-state index contributed by atoms with van der Waals surface area (Å²) in [6.45, 7) is 0.000546. The van der Waals surface area contributed by atoms with Crippen LogP contribution in [0.2, 0.25) is 0 Å². The van der Waals surface area contributed by atoms with Crippen molar-refractivity contribution in [2.45, 2.75) is 6.61 Å². The normalized spacial score (nSPS) is 10.6. The summed E-state index contributed by atoms with van der Waals surface area (Å²) in [4.78, 5) is 13.0. The average molecular weight is 343 g/mol. The fraction of sp³-hybridized carbons (Fsp3) is 0.0556. The van der Waals surface area contributed by atoms with E-state index in [-0.39, 0.29) is 6.61 Å². The molecule has 126 valence electrons. The lowest BCUT2D eigenvalue weighted by Gasteiger charge is -2.02. The largest absolute Gasteiger partial charge is 0.392 e. The molecule has 2 N–H and O–H groups in total. The Labute approximate surface area is 148 Å². The fourth-order valence-electron chi connectivity index (χ4n) is 2.50. The van der Waals surface area contributed by atoms with Crippen molar-refractivity contribution in [3.8, 4) is 17.3 Å². The Kier molecular flexibility index (Phi) is 3.97. The lowest BCUT2D eigenvalue weighted by molar-refractivity contribution is 0.282. The van der Waals surface area contributed by atoms with Crippen LogP contribution in [-0.2, 0) is 6.61 Å². The summed E-state index contributed by atoms with van der Waals surface area (Å²) >= 11 is 0. The van der Waals surface area contributed by atoms with Gasteiger partial charge in [0.2, 0.25) is 5.95 Å². The number of benzene rings is 1. The summed E-state index contributed by atoms with van der Waals surface area (Å²) in [5.41, 5.74) is 3.94. The van der Waals surface area contributed by atoms with Crippen LogP contribution in [0.4, 0.5) is 11.6 Å². The van der Waals surface area contributed by atoms with Crippen LogP contribution in [0.5, 0.6) is 0 Å². The third-order valence-corrected chi connectivity index (χ3v) is 3.80. The van der Waals surface area contributed by atoms with Crippen molar-refractivity contribution in [1.29, 1.82) is 5.26 Å². The number of aromatic nitrogens is 5. The molecule has 0 aliphatic carbocycles. The van der Waals surface area contributed by atoms with Crippen LogP contribution < -0.4 is 5.32 Å². The number of fused-ring (bicyclic) bond motifs is 1. The van der Waals surface area contributed by atoms with E-state index in [1.165, 1.54) is 0 Å². The number of pyridine rings is 1. The molecule has 26 heavy (non-hydrogen) atoms. The summed E-state index contributed by atoms with van der Waals surface area (Å²) in [6, 6.07) is 12.8. The smallest absolute Gasteiger partial charge is 0.247 e. The average Bonchev–Trinajstić information content (AvgIpc) is 3.11. The molecular formula is C18H13N7O. The van der Waals surface area contributed by atoms with Gasteiger partial charge in [-0.3, -0.25) is 4.98 Å². The molecule has 1 aromatic carbocycles. The minimum atomic E-state index is 0.000546. The Morgan fingerprint density at radius 2 is 1.96 bits per heavy atom. The van der Waals surface area contributed by atoms with Crippen LogP contribution in [0.15, 0.2) is 55.0 Å². The first-order valence-electron chi connectivity index (χ1n) is 7.81. The topological polar surface area (TPSA) is 112 Å². The second-order valence-corrected chi connectivity index (χ2v) is 5.50. The number of hydrogen-bond acceptors (Lipinski definition) is 7. The molecule has 0 spiro atoms. The first kappa shape index (κ1) is 15.7. The first-order chi connectivity index (χ1) is 12.8. The predicted molar refractivity (Wildman–Crippen MR) is 94.4 cm³/mol. The van der Waals surface area contributed by atoms with E-state index in [1.807, 2.05) is 30.3 Å². The Morgan fingerprint density at radius 1 is 1.12 bits per heavy atom. The van der Waals surface area contributed by atoms with Crippen molar-refractivity contribution in [2.75, 3.05) is 5.32 Å². The zero-order chi connectivity index (χ0) is 17.9. The highest BCUT2D eigenvalue weighted by molar-refractivity contribution is 5.74. The Hall–Kier alpha value is -3.83. The van der Waals surface area contributed by atoms with Gasteiger partial charge in [0.1, 0.15) is 17.5 Å². The highest BCUT2D eigenvalue weighted by Gasteiger charge is 2.11. The van der Waals surface area contributed by atoms with E-state index >= 15 is 0 Å². The van der Waals surface area contributed by atoms with Gasteiger partial charge >= 0.3 is 0 Å². The number of anilines is 2. The SMILES string of the molecule is N#Cc1ccc(-c2nccn3nc(Nc4ccc(CO)cc4)nc23)cn1. The second kappa shape index (κ2) is 6.58. The Bertz CT molecular complexity index is 1100. The third-order valence-electron chi connectivity index (χ3n) is 3.80. The number of nitrogens with one attached hydrogen (secondary N) is 1. The number of rotatable bonds is 4. The minimum absolute atomic E-state index is 0.000546. The molecule has 0 saturated heterocycles. The van der Waals surface area contributed by atoms with Gasteiger partial charge in [0.25, 0.3) is 0 Å². The monoisotopic (exact) mass is 343 g/mol. The minimum Gasteiger partial charge on any atom is -0.392 e. The molecule has 8 heteroatoms. The number of nitriles is 1. The van der Waals surface area contributed by atoms with Crippen LogP contribution in [0.25, 0.3) is 16.9 Å². The van der Waals surface area contributed by atoms with Crippen molar-refractivity contribution in [1.82, 2.24) is 24.6 Å². The van der Waals surface area contributed by atoms with E-state index < -0.39 is 0 Å². The van der Waals surface area contributed by atoms with Gasteiger partial charge in [0.15, 0.2) is 5.65 Å². The number of aliphatic hydroxyl groups excluding tert-OH is 1. The molecule has 0 aliphatic rings. The van der Waals surface area contributed by atoms with Crippen molar-refractivity contribution >= 4 is 17.3 Å². The van der Waals surface area contributed by atoms with Gasteiger partial charge in [0, 0.05) is 29.8 Å². The summed E-state index contributed by atoms with van der Waals surface area (Å²) in [6.07, 6.45) is 4.94. The van der Waals surface area contributed by atoms with Crippen LogP contribution in [0.3, 0.4) is 0 Å². The third kappa shape index (κ3) is 2.94. The highest BCUT2D eigenvalue weighted by Crippen LogP contribution is 2.22. The molecule has 8 nitrogen and oxygen atoms in total. The van der Waals surface area contributed by atoms with Gasteiger partial charge in [-0.2, -0.15) is 10.2 Å². The summed E-state index contributed by atoms with van der Waals surface area (Å²) in [5.74, 6) is 0.428. The van der Waals surface area contributed by atoms with E-state index in [4.69, 9.17) is 10.4 Å². The van der Waals surface area contributed by atoms with Crippen molar-refractivity contribution in [3.05, 3.63) is 66.2 Å². The molecule has 4 rings (SSSR count). The van der Waals surface area contributed by atoms with Gasteiger partial charge in [-0.05, 0) is 29.8 Å². The zero-order valence-electron chi connectivity index (χ0n) is 13.5. The lowest BCUT2D eigenvalue weighted by atomic mass is 10.2.